The van der Waals surface area contributed by atoms with Crippen LogP contribution in [0.1, 0.15) is 41.7 Å². The fourth-order valence-electron chi connectivity index (χ4n) is 2.77. The Labute approximate surface area is 141 Å². The molecule has 2 aromatic rings. The molecule has 0 aliphatic carbocycles. The molecule has 1 fully saturated rings. The summed E-state index contributed by atoms with van der Waals surface area (Å²) < 4.78 is 0. The molecule has 1 aliphatic rings. The van der Waals surface area contributed by atoms with E-state index in [9.17, 15) is 4.79 Å². The van der Waals surface area contributed by atoms with Crippen LogP contribution < -0.4 is 5.32 Å². The Morgan fingerprint density at radius 1 is 1.17 bits per heavy atom. The number of nitrogens with zero attached hydrogens (tertiary/aromatic N) is 4. The Hall–Kier alpha value is -2.94. The maximum Gasteiger partial charge on any atom is 0.272 e. The van der Waals surface area contributed by atoms with E-state index in [2.05, 4.69) is 21.4 Å². The van der Waals surface area contributed by atoms with Gasteiger partial charge < -0.3 is 10.2 Å². The van der Waals surface area contributed by atoms with Crippen LogP contribution in [-0.4, -0.2) is 33.9 Å². The minimum Gasteiger partial charge on any atom is -0.337 e. The van der Waals surface area contributed by atoms with Crippen LogP contribution >= 0.6 is 0 Å². The smallest absolute Gasteiger partial charge is 0.272 e. The number of nitriles is 1. The summed E-state index contributed by atoms with van der Waals surface area (Å²) in [6.45, 7) is 1.58. The molecular formula is C18H19N5O. The molecule has 6 heteroatoms. The molecule has 1 aromatic heterocycles. The first kappa shape index (κ1) is 15.9. The van der Waals surface area contributed by atoms with E-state index >= 15 is 0 Å². The second-order valence-electron chi connectivity index (χ2n) is 5.79. The van der Waals surface area contributed by atoms with Crippen molar-refractivity contribution in [2.75, 3.05) is 18.4 Å². The molecule has 2 heterocycles. The molecular weight excluding hydrogens is 302 g/mol. The van der Waals surface area contributed by atoms with Gasteiger partial charge >= 0.3 is 0 Å². The van der Waals surface area contributed by atoms with Crippen LogP contribution in [0.25, 0.3) is 0 Å². The lowest BCUT2D eigenvalue weighted by Gasteiger charge is -2.19. The highest BCUT2D eigenvalue weighted by molar-refractivity contribution is 5.92. The number of carbonyl (C=O) groups is 1. The Bertz CT molecular complexity index is 760. The second-order valence-corrected chi connectivity index (χ2v) is 5.79. The molecule has 0 bridgehead atoms. The zero-order chi connectivity index (χ0) is 16.8. The van der Waals surface area contributed by atoms with Gasteiger partial charge in [0.25, 0.3) is 5.91 Å². The van der Waals surface area contributed by atoms with Crippen molar-refractivity contribution >= 4 is 17.5 Å². The maximum atomic E-state index is 12.6. The van der Waals surface area contributed by atoms with E-state index in [1.165, 1.54) is 12.8 Å². The Morgan fingerprint density at radius 2 is 1.96 bits per heavy atom. The average Bonchev–Trinajstić information content (AvgIpc) is 2.91. The molecule has 1 N–H and O–H groups in total. The molecule has 1 amide bonds. The summed E-state index contributed by atoms with van der Waals surface area (Å²) in [4.78, 5) is 23.0. The van der Waals surface area contributed by atoms with Crippen LogP contribution in [-0.2, 0) is 0 Å². The van der Waals surface area contributed by atoms with Crippen molar-refractivity contribution < 1.29 is 4.79 Å². The SMILES string of the molecule is N#Cc1cccc(Nc2nccc(C(=O)N3CCCCCC3)n2)c1. The van der Waals surface area contributed by atoms with Crippen molar-refractivity contribution in [1.29, 1.82) is 5.26 Å². The van der Waals surface area contributed by atoms with Gasteiger partial charge in [-0.2, -0.15) is 5.26 Å². The van der Waals surface area contributed by atoms with Crippen molar-refractivity contribution in [2.24, 2.45) is 0 Å². The fourth-order valence-corrected chi connectivity index (χ4v) is 2.77. The quantitative estimate of drug-likeness (QED) is 0.939. The molecule has 0 spiro atoms. The van der Waals surface area contributed by atoms with Crippen molar-refractivity contribution in [3.63, 3.8) is 0 Å². The molecule has 6 nitrogen and oxygen atoms in total. The molecule has 3 rings (SSSR count). The number of likely N-dealkylation sites (tertiary alicyclic amines) is 1. The predicted molar refractivity (Wildman–Crippen MR) is 90.8 cm³/mol. The monoisotopic (exact) mass is 321 g/mol. The van der Waals surface area contributed by atoms with Gasteiger partial charge in [0.1, 0.15) is 5.69 Å². The number of aromatic nitrogens is 2. The number of carbonyl (C=O) groups excluding carboxylic acids is 1. The van der Waals surface area contributed by atoms with Crippen molar-refractivity contribution in [2.45, 2.75) is 25.7 Å². The van der Waals surface area contributed by atoms with Crippen LogP contribution in [0.3, 0.4) is 0 Å². The van der Waals surface area contributed by atoms with Gasteiger partial charge in [-0.25, -0.2) is 9.97 Å². The molecule has 24 heavy (non-hydrogen) atoms. The molecule has 1 aromatic carbocycles. The number of nitrogens with one attached hydrogen (secondary N) is 1. The molecule has 0 radical (unpaired) electrons. The maximum absolute atomic E-state index is 12.6. The highest BCUT2D eigenvalue weighted by atomic mass is 16.2. The van der Waals surface area contributed by atoms with Crippen LogP contribution in [0.4, 0.5) is 11.6 Å². The van der Waals surface area contributed by atoms with Gasteiger partial charge in [0.2, 0.25) is 5.95 Å². The summed E-state index contributed by atoms with van der Waals surface area (Å²) >= 11 is 0. The van der Waals surface area contributed by atoms with Gasteiger partial charge in [0, 0.05) is 25.0 Å². The van der Waals surface area contributed by atoms with Gasteiger partial charge in [0.15, 0.2) is 0 Å². The van der Waals surface area contributed by atoms with Gasteiger partial charge in [-0.3, -0.25) is 4.79 Å². The molecule has 1 saturated heterocycles. The van der Waals surface area contributed by atoms with E-state index in [1.807, 2.05) is 11.0 Å². The predicted octanol–water partition coefficient (Wildman–Crippen LogP) is 3.11. The van der Waals surface area contributed by atoms with Crippen LogP contribution in [0.5, 0.6) is 0 Å². The summed E-state index contributed by atoms with van der Waals surface area (Å²) in [5, 5.41) is 12.0. The Kier molecular flexibility index (Phi) is 5.02. The molecule has 0 saturated carbocycles. The van der Waals surface area contributed by atoms with Gasteiger partial charge in [-0.05, 0) is 37.1 Å². The molecule has 0 atom stereocenters. The number of hydrogen-bond donors (Lipinski definition) is 1. The third kappa shape index (κ3) is 3.87. The first-order valence-corrected chi connectivity index (χ1v) is 8.16. The summed E-state index contributed by atoms with van der Waals surface area (Å²) in [5.41, 5.74) is 1.66. The van der Waals surface area contributed by atoms with E-state index in [1.54, 1.807) is 30.5 Å². The lowest BCUT2D eigenvalue weighted by molar-refractivity contribution is 0.0755. The van der Waals surface area contributed by atoms with Crippen LogP contribution in [0.15, 0.2) is 36.5 Å². The zero-order valence-electron chi connectivity index (χ0n) is 13.4. The van der Waals surface area contributed by atoms with E-state index in [4.69, 9.17) is 5.26 Å². The lowest BCUT2D eigenvalue weighted by Crippen LogP contribution is -2.32. The largest absolute Gasteiger partial charge is 0.337 e. The number of amides is 1. The standard InChI is InChI=1S/C18H19N5O/c19-13-14-6-5-7-15(12-14)21-18-20-9-8-16(22-18)17(24)23-10-3-1-2-4-11-23/h5-9,12H,1-4,10-11H2,(H,20,21,22). The number of rotatable bonds is 3. The third-order valence-corrected chi connectivity index (χ3v) is 4.02. The summed E-state index contributed by atoms with van der Waals surface area (Å²) in [6, 6.07) is 10.8. The Balaban J connectivity index is 1.76. The van der Waals surface area contributed by atoms with Crippen molar-refractivity contribution in [3.05, 3.63) is 47.8 Å². The summed E-state index contributed by atoms with van der Waals surface area (Å²) in [5.74, 6) is 0.305. The fraction of sp³-hybridized carbons (Fsp3) is 0.333. The van der Waals surface area contributed by atoms with Crippen molar-refractivity contribution in [3.8, 4) is 6.07 Å². The minimum absolute atomic E-state index is 0.0480. The topological polar surface area (TPSA) is 81.9 Å². The van der Waals surface area contributed by atoms with E-state index < -0.39 is 0 Å². The highest BCUT2D eigenvalue weighted by Crippen LogP contribution is 2.16. The summed E-state index contributed by atoms with van der Waals surface area (Å²) in [7, 11) is 0. The van der Waals surface area contributed by atoms with Gasteiger partial charge in [-0.15, -0.1) is 0 Å². The van der Waals surface area contributed by atoms with E-state index in [0.717, 1.165) is 25.9 Å². The molecule has 0 unspecified atom stereocenters. The lowest BCUT2D eigenvalue weighted by atomic mass is 10.2. The van der Waals surface area contributed by atoms with Crippen LogP contribution in [0.2, 0.25) is 0 Å². The number of benzene rings is 1. The normalized spacial score (nSPS) is 14.5. The van der Waals surface area contributed by atoms with Gasteiger partial charge in [0.05, 0.1) is 11.6 Å². The summed E-state index contributed by atoms with van der Waals surface area (Å²) in [6.07, 6.45) is 6.02. The van der Waals surface area contributed by atoms with E-state index in [0.29, 0.717) is 22.9 Å². The second kappa shape index (κ2) is 7.55. The Morgan fingerprint density at radius 3 is 2.71 bits per heavy atom. The van der Waals surface area contributed by atoms with Crippen LogP contribution in [0, 0.1) is 11.3 Å². The first-order chi connectivity index (χ1) is 11.8. The number of hydrogen-bond acceptors (Lipinski definition) is 5. The third-order valence-electron chi connectivity index (χ3n) is 4.02. The van der Waals surface area contributed by atoms with Crippen molar-refractivity contribution in [1.82, 2.24) is 14.9 Å². The molecule has 1 aliphatic heterocycles. The first-order valence-electron chi connectivity index (χ1n) is 8.16. The molecule has 122 valence electrons. The number of anilines is 2. The zero-order valence-corrected chi connectivity index (χ0v) is 13.4. The average molecular weight is 321 g/mol. The minimum atomic E-state index is -0.0480. The van der Waals surface area contributed by atoms with Gasteiger partial charge in [-0.1, -0.05) is 18.9 Å². The highest BCUT2D eigenvalue weighted by Gasteiger charge is 2.18. The van der Waals surface area contributed by atoms with E-state index in [-0.39, 0.29) is 5.91 Å².